The zero-order valence-electron chi connectivity index (χ0n) is 11.4. The molecule has 0 bridgehead atoms. The number of hydrogen-bond donors (Lipinski definition) is 1. The lowest BCUT2D eigenvalue weighted by molar-refractivity contribution is 0.0602. The molecule has 0 saturated heterocycles. The van der Waals surface area contributed by atoms with E-state index in [0.717, 1.165) is 18.5 Å². The van der Waals surface area contributed by atoms with Crippen molar-refractivity contribution < 1.29 is 9.53 Å². The normalized spacial score (nSPS) is 22.3. The van der Waals surface area contributed by atoms with Crippen LogP contribution >= 0.6 is 11.6 Å². The molecule has 19 heavy (non-hydrogen) atoms. The summed E-state index contributed by atoms with van der Waals surface area (Å²) in [7, 11) is 1.39. The minimum Gasteiger partial charge on any atom is -0.465 e. The van der Waals surface area contributed by atoms with Crippen molar-refractivity contribution in [1.82, 2.24) is 0 Å². The molecule has 1 aliphatic rings. The van der Waals surface area contributed by atoms with Crippen LogP contribution in [-0.4, -0.2) is 19.1 Å². The van der Waals surface area contributed by atoms with Crippen molar-refractivity contribution >= 4 is 23.3 Å². The number of carbonyl (C=O) groups is 1. The summed E-state index contributed by atoms with van der Waals surface area (Å²) >= 11 is 6.03. The van der Waals surface area contributed by atoms with E-state index in [9.17, 15) is 4.79 Å². The summed E-state index contributed by atoms with van der Waals surface area (Å²) in [4.78, 5) is 11.8. The molecule has 0 spiro atoms. The third kappa shape index (κ3) is 3.21. The van der Waals surface area contributed by atoms with Gasteiger partial charge in [-0.15, -0.1) is 0 Å². The molecular weight excluding hydrogens is 262 g/mol. The van der Waals surface area contributed by atoms with Crippen LogP contribution in [0.5, 0.6) is 0 Å². The first-order chi connectivity index (χ1) is 9.15. The lowest BCUT2D eigenvalue weighted by Crippen LogP contribution is -2.24. The lowest BCUT2D eigenvalue weighted by Gasteiger charge is -2.22. The van der Waals surface area contributed by atoms with Crippen LogP contribution in [-0.2, 0) is 4.74 Å². The van der Waals surface area contributed by atoms with Gasteiger partial charge >= 0.3 is 5.97 Å². The highest BCUT2D eigenvalue weighted by Crippen LogP contribution is 2.32. The van der Waals surface area contributed by atoms with Crippen LogP contribution in [0.25, 0.3) is 0 Å². The van der Waals surface area contributed by atoms with Crippen molar-refractivity contribution in [2.75, 3.05) is 12.4 Å². The standard InChI is InChI=1S/C15H20ClNO2/c1-3-10-5-4-6-13(10)17-14-9-11(16)7-8-12(14)15(18)19-2/h7-10,13,17H,3-6H2,1-2H3. The number of ether oxygens (including phenoxy) is 1. The molecular formula is C15H20ClNO2. The molecule has 1 aliphatic carbocycles. The summed E-state index contributed by atoms with van der Waals surface area (Å²) in [6.45, 7) is 2.21. The Kier molecular flexibility index (Phi) is 4.70. The number of rotatable bonds is 4. The smallest absolute Gasteiger partial charge is 0.339 e. The number of hydrogen-bond acceptors (Lipinski definition) is 3. The topological polar surface area (TPSA) is 38.3 Å². The van der Waals surface area contributed by atoms with E-state index in [1.165, 1.54) is 20.0 Å². The fraction of sp³-hybridized carbons (Fsp3) is 0.533. The van der Waals surface area contributed by atoms with E-state index in [4.69, 9.17) is 16.3 Å². The van der Waals surface area contributed by atoms with Gasteiger partial charge in [0.2, 0.25) is 0 Å². The van der Waals surface area contributed by atoms with E-state index in [-0.39, 0.29) is 5.97 Å². The summed E-state index contributed by atoms with van der Waals surface area (Å²) < 4.78 is 4.81. The predicted molar refractivity (Wildman–Crippen MR) is 77.8 cm³/mol. The van der Waals surface area contributed by atoms with Crippen LogP contribution in [0.1, 0.15) is 43.0 Å². The maximum Gasteiger partial charge on any atom is 0.339 e. The monoisotopic (exact) mass is 281 g/mol. The molecule has 0 aliphatic heterocycles. The minimum atomic E-state index is -0.329. The predicted octanol–water partition coefficient (Wildman–Crippen LogP) is 4.12. The zero-order valence-corrected chi connectivity index (χ0v) is 12.2. The van der Waals surface area contributed by atoms with E-state index in [0.29, 0.717) is 22.5 Å². The number of anilines is 1. The fourth-order valence-electron chi connectivity index (χ4n) is 2.84. The summed E-state index contributed by atoms with van der Waals surface area (Å²) in [5.41, 5.74) is 1.33. The van der Waals surface area contributed by atoms with Crippen molar-refractivity contribution in [3.63, 3.8) is 0 Å². The van der Waals surface area contributed by atoms with Gasteiger partial charge in [-0.05, 0) is 37.0 Å². The molecule has 1 N–H and O–H groups in total. The molecule has 2 rings (SSSR count). The molecule has 4 heteroatoms. The lowest BCUT2D eigenvalue weighted by atomic mass is 10.00. The van der Waals surface area contributed by atoms with Crippen LogP contribution in [0.2, 0.25) is 5.02 Å². The second-order valence-electron chi connectivity index (χ2n) is 5.03. The molecule has 3 nitrogen and oxygen atoms in total. The van der Waals surface area contributed by atoms with E-state index in [1.807, 2.05) is 0 Å². The van der Waals surface area contributed by atoms with E-state index < -0.39 is 0 Å². The first-order valence-electron chi connectivity index (χ1n) is 6.80. The number of esters is 1. The maximum atomic E-state index is 11.8. The largest absolute Gasteiger partial charge is 0.465 e. The Bertz CT molecular complexity index is 461. The Morgan fingerprint density at radius 1 is 1.47 bits per heavy atom. The number of benzene rings is 1. The molecule has 0 amide bonds. The van der Waals surface area contributed by atoms with Crippen LogP contribution in [0.3, 0.4) is 0 Å². The Balaban J connectivity index is 2.23. The molecule has 1 saturated carbocycles. The van der Waals surface area contributed by atoms with Gasteiger partial charge in [0.1, 0.15) is 0 Å². The minimum absolute atomic E-state index is 0.329. The molecule has 0 radical (unpaired) electrons. The SMILES string of the molecule is CCC1CCCC1Nc1cc(Cl)ccc1C(=O)OC. The van der Waals surface area contributed by atoms with E-state index >= 15 is 0 Å². The number of nitrogens with one attached hydrogen (secondary N) is 1. The molecule has 0 aromatic heterocycles. The first-order valence-corrected chi connectivity index (χ1v) is 7.18. The highest BCUT2D eigenvalue weighted by atomic mass is 35.5. The Labute approximate surface area is 119 Å². The number of halogens is 1. The van der Waals surface area contributed by atoms with Gasteiger partial charge in [-0.2, -0.15) is 0 Å². The molecule has 2 unspecified atom stereocenters. The van der Waals surface area contributed by atoms with Crippen LogP contribution in [0.15, 0.2) is 18.2 Å². The average molecular weight is 282 g/mol. The third-order valence-electron chi connectivity index (χ3n) is 3.91. The maximum absolute atomic E-state index is 11.8. The van der Waals surface area contributed by atoms with E-state index in [1.54, 1.807) is 18.2 Å². The van der Waals surface area contributed by atoms with Gasteiger partial charge in [0.25, 0.3) is 0 Å². The van der Waals surface area contributed by atoms with E-state index in [2.05, 4.69) is 12.2 Å². The first kappa shape index (κ1) is 14.2. The highest BCUT2D eigenvalue weighted by Gasteiger charge is 2.26. The molecule has 1 fully saturated rings. The quantitative estimate of drug-likeness (QED) is 0.844. The second-order valence-corrected chi connectivity index (χ2v) is 5.47. The molecule has 1 aromatic carbocycles. The van der Waals surface area contributed by atoms with Crippen molar-refractivity contribution in [1.29, 1.82) is 0 Å². The summed E-state index contributed by atoms with van der Waals surface area (Å²) in [6.07, 6.45) is 4.80. The Morgan fingerprint density at radius 2 is 2.26 bits per heavy atom. The van der Waals surface area contributed by atoms with Crippen molar-refractivity contribution in [3.05, 3.63) is 28.8 Å². The van der Waals surface area contributed by atoms with Gasteiger partial charge in [0, 0.05) is 11.1 Å². The van der Waals surface area contributed by atoms with Crippen LogP contribution in [0, 0.1) is 5.92 Å². The fourth-order valence-corrected chi connectivity index (χ4v) is 3.01. The van der Waals surface area contributed by atoms with Crippen LogP contribution in [0.4, 0.5) is 5.69 Å². The highest BCUT2D eigenvalue weighted by molar-refractivity contribution is 6.31. The van der Waals surface area contributed by atoms with Gasteiger partial charge in [-0.1, -0.05) is 31.4 Å². The van der Waals surface area contributed by atoms with Crippen molar-refractivity contribution in [2.24, 2.45) is 5.92 Å². The molecule has 0 heterocycles. The summed E-state index contributed by atoms with van der Waals surface area (Å²) in [5, 5.41) is 4.11. The third-order valence-corrected chi connectivity index (χ3v) is 4.15. The Hall–Kier alpha value is -1.22. The van der Waals surface area contributed by atoms with Crippen molar-refractivity contribution in [2.45, 2.75) is 38.6 Å². The Morgan fingerprint density at radius 3 is 2.95 bits per heavy atom. The second kappa shape index (κ2) is 6.29. The summed E-state index contributed by atoms with van der Waals surface area (Å²) in [5.74, 6) is 0.342. The van der Waals surface area contributed by atoms with Gasteiger partial charge in [-0.3, -0.25) is 0 Å². The van der Waals surface area contributed by atoms with Gasteiger partial charge in [0.15, 0.2) is 0 Å². The average Bonchev–Trinajstić information content (AvgIpc) is 2.85. The molecule has 104 valence electrons. The molecule has 1 aromatic rings. The molecule has 2 atom stereocenters. The zero-order chi connectivity index (χ0) is 13.8. The van der Waals surface area contributed by atoms with Gasteiger partial charge in [0.05, 0.1) is 18.4 Å². The number of carbonyl (C=O) groups excluding carboxylic acids is 1. The summed E-state index contributed by atoms with van der Waals surface area (Å²) in [6, 6.07) is 5.66. The number of methoxy groups -OCH3 is 1. The van der Waals surface area contributed by atoms with Gasteiger partial charge in [-0.25, -0.2) is 4.79 Å². The van der Waals surface area contributed by atoms with Crippen LogP contribution < -0.4 is 5.32 Å². The van der Waals surface area contributed by atoms with Crippen molar-refractivity contribution in [3.8, 4) is 0 Å². The van der Waals surface area contributed by atoms with Gasteiger partial charge < -0.3 is 10.1 Å².